The summed E-state index contributed by atoms with van der Waals surface area (Å²) in [5.41, 5.74) is 17.6. The molecule has 0 spiro atoms. The highest BCUT2D eigenvalue weighted by molar-refractivity contribution is 6.01. The van der Waals surface area contributed by atoms with Gasteiger partial charge in [-0.2, -0.15) is 30.0 Å². The van der Waals surface area contributed by atoms with Gasteiger partial charge < -0.3 is 14.6 Å². The Hall–Kier alpha value is -6.98. The van der Waals surface area contributed by atoms with Gasteiger partial charge in [-0.1, -0.05) is 243 Å². The molecular formula is C76H102N6O5. The lowest BCUT2D eigenvalue weighted by Crippen LogP contribution is -2.32. The Morgan fingerprint density at radius 2 is 0.747 bits per heavy atom. The minimum atomic E-state index is -0.749. The number of rotatable bonds is 24. The van der Waals surface area contributed by atoms with Gasteiger partial charge in [-0.05, 0) is 125 Å². The van der Waals surface area contributed by atoms with Crippen LogP contribution in [0, 0.1) is 11.3 Å². The molecule has 0 aliphatic heterocycles. The zero-order valence-electron chi connectivity index (χ0n) is 55.7. The number of hydrogen-bond donors (Lipinski definition) is 1. The highest BCUT2D eigenvalue weighted by Crippen LogP contribution is 2.39. The number of hydrogen-bond acceptors (Lipinski definition) is 9. The van der Waals surface area contributed by atoms with Crippen LogP contribution in [-0.4, -0.2) is 67.4 Å². The molecule has 0 radical (unpaired) electrons. The second-order valence-electron chi connectivity index (χ2n) is 28.8. The monoisotopic (exact) mass is 1180 g/mol. The zero-order valence-corrected chi connectivity index (χ0v) is 55.7. The number of fused-ring (bicyclic) bond motifs is 2. The van der Waals surface area contributed by atoms with E-state index in [0.29, 0.717) is 19.6 Å². The first-order valence-corrected chi connectivity index (χ1v) is 32.2. The van der Waals surface area contributed by atoms with Crippen LogP contribution in [0.25, 0.3) is 66.6 Å². The molecule has 0 bridgehead atoms. The third-order valence-electron chi connectivity index (χ3n) is 16.9. The van der Waals surface area contributed by atoms with Crippen molar-refractivity contribution < 1.29 is 24.2 Å². The van der Waals surface area contributed by atoms with Crippen LogP contribution in [0.1, 0.15) is 203 Å². The van der Waals surface area contributed by atoms with Gasteiger partial charge in [-0.15, -0.1) is 0 Å². The molecule has 87 heavy (non-hydrogen) atoms. The van der Waals surface area contributed by atoms with E-state index in [1.807, 2.05) is 23.4 Å². The number of carbonyl (C=O) groups excluding carboxylic acids is 2. The lowest BCUT2D eigenvalue weighted by Gasteiger charge is -2.26. The molecule has 11 heteroatoms. The highest BCUT2D eigenvalue weighted by Gasteiger charge is 2.35. The summed E-state index contributed by atoms with van der Waals surface area (Å²) >= 11 is 0. The van der Waals surface area contributed by atoms with Crippen molar-refractivity contribution in [3.8, 4) is 44.5 Å². The standard InChI is InChI=1S/C44H61N3O4.C32H41N3O/c1-11-12-17-33(40(48)50-10)30-44(8,9)41(49)51-29-16-14-13-15-28-47-45-38-36(31-18-22-34(23-19-31)42(2,3)4)26-27-37(39(38)46-47)32-20-24-35(25-21-32)43(5,6)7;1-31(2,3)25-15-11-23(12-16-25)27-19-20-28(24-13-17-26(18-14-24)32(4,5)6)30-29(27)33-35(34-30)21-9-7-8-10-22-36/h18-27,33H,11-17,28-30H2,1-10H3;11-20,36H,7-10,21-22H2,1-6H3. The van der Waals surface area contributed by atoms with Gasteiger partial charge in [0.05, 0.1) is 38.1 Å². The molecule has 2 aromatic heterocycles. The fourth-order valence-corrected chi connectivity index (χ4v) is 11.2. The van der Waals surface area contributed by atoms with Crippen molar-refractivity contribution in [2.45, 2.75) is 216 Å². The summed E-state index contributed by atoms with van der Waals surface area (Å²) in [6.07, 6.45) is 10.7. The van der Waals surface area contributed by atoms with E-state index in [0.717, 1.165) is 144 Å². The van der Waals surface area contributed by atoms with Crippen LogP contribution < -0.4 is 0 Å². The number of aromatic nitrogens is 6. The Bertz CT molecular complexity index is 3300. The van der Waals surface area contributed by atoms with E-state index in [4.69, 9.17) is 35.0 Å². The van der Waals surface area contributed by atoms with Gasteiger partial charge in [0.25, 0.3) is 0 Å². The molecule has 0 fully saturated rings. The molecule has 0 saturated carbocycles. The van der Waals surface area contributed by atoms with Gasteiger partial charge in [-0.25, -0.2) is 0 Å². The molecule has 1 unspecified atom stereocenters. The maximum atomic E-state index is 12.9. The molecule has 8 aromatic rings. The van der Waals surface area contributed by atoms with E-state index in [1.165, 1.54) is 29.4 Å². The summed E-state index contributed by atoms with van der Waals surface area (Å²) in [5.74, 6) is -0.797. The molecule has 1 atom stereocenters. The van der Waals surface area contributed by atoms with Crippen molar-refractivity contribution in [3.05, 3.63) is 144 Å². The molecule has 11 nitrogen and oxygen atoms in total. The van der Waals surface area contributed by atoms with Gasteiger partial charge in [0.15, 0.2) is 0 Å². The first-order chi connectivity index (χ1) is 41.1. The van der Waals surface area contributed by atoms with E-state index in [1.54, 1.807) is 0 Å². The summed E-state index contributed by atoms with van der Waals surface area (Å²) in [5, 5.41) is 29.1. The van der Waals surface area contributed by atoms with E-state index in [2.05, 4.69) is 211 Å². The van der Waals surface area contributed by atoms with Crippen LogP contribution in [0.3, 0.4) is 0 Å². The molecule has 0 aliphatic rings. The van der Waals surface area contributed by atoms with Crippen molar-refractivity contribution in [2.75, 3.05) is 20.3 Å². The van der Waals surface area contributed by atoms with Gasteiger partial charge in [0.1, 0.15) is 22.1 Å². The highest BCUT2D eigenvalue weighted by atomic mass is 16.5. The number of methoxy groups -OCH3 is 1. The van der Waals surface area contributed by atoms with Gasteiger partial charge >= 0.3 is 11.9 Å². The molecule has 0 saturated heterocycles. The number of benzene rings is 6. The summed E-state index contributed by atoms with van der Waals surface area (Å²) < 4.78 is 10.7. The molecule has 2 heterocycles. The quantitative estimate of drug-likeness (QED) is 0.0463. The van der Waals surface area contributed by atoms with Crippen molar-refractivity contribution in [1.82, 2.24) is 30.0 Å². The normalized spacial score (nSPS) is 12.7. The van der Waals surface area contributed by atoms with Crippen molar-refractivity contribution >= 4 is 34.0 Å². The smallest absolute Gasteiger partial charge is 0.311 e. The summed E-state index contributed by atoms with van der Waals surface area (Å²) in [6, 6.07) is 44.2. The topological polar surface area (TPSA) is 134 Å². The van der Waals surface area contributed by atoms with Crippen LogP contribution in [0.15, 0.2) is 121 Å². The van der Waals surface area contributed by atoms with Gasteiger partial charge in [0.2, 0.25) is 0 Å². The van der Waals surface area contributed by atoms with Crippen LogP contribution in [0.4, 0.5) is 0 Å². The Labute approximate surface area is 521 Å². The lowest BCUT2D eigenvalue weighted by atomic mass is 9.81. The summed E-state index contributed by atoms with van der Waals surface area (Å²) in [4.78, 5) is 28.9. The number of aliphatic hydroxyl groups excluding tert-OH is 1. The third kappa shape index (κ3) is 18.1. The lowest BCUT2D eigenvalue weighted by molar-refractivity contribution is -0.157. The molecule has 466 valence electrons. The van der Waals surface area contributed by atoms with E-state index < -0.39 is 5.41 Å². The zero-order chi connectivity index (χ0) is 63.3. The van der Waals surface area contributed by atoms with E-state index in [-0.39, 0.29) is 46.1 Å². The number of unbranched alkanes of at least 4 members (excludes halogenated alkanes) is 7. The van der Waals surface area contributed by atoms with Crippen molar-refractivity contribution in [1.29, 1.82) is 0 Å². The van der Waals surface area contributed by atoms with Crippen molar-refractivity contribution in [3.63, 3.8) is 0 Å². The Balaban J connectivity index is 0.000000263. The molecule has 0 aliphatic carbocycles. The number of esters is 2. The minimum absolute atomic E-state index is 0.0849. The Morgan fingerprint density at radius 3 is 1.03 bits per heavy atom. The SMILES string of the molecule is CC(C)(C)c1ccc(-c2ccc(-c3ccc(C(C)(C)C)cc3)c3nn(CCCCCCO)nc23)cc1.CCCCC(CC(C)(C)C(=O)OCCCCCCn1nc2c(-c3ccc(C(C)(C)C)cc3)ccc(-c3ccc(C(C)(C)C)cc3)c2n1)C(=O)OC. The maximum Gasteiger partial charge on any atom is 0.311 e. The van der Waals surface area contributed by atoms with E-state index in [9.17, 15) is 9.59 Å². The predicted octanol–water partition coefficient (Wildman–Crippen LogP) is 18.8. The second kappa shape index (κ2) is 29.3. The van der Waals surface area contributed by atoms with Crippen LogP contribution in [-0.2, 0) is 53.8 Å². The average Bonchev–Trinajstić information content (AvgIpc) is 1.81. The van der Waals surface area contributed by atoms with Crippen LogP contribution in [0.5, 0.6) is 0 Å². The Morgan fingerprint density at radius 1 is 0.437 bits per heavy atom. The molecule has 6 aromatic carbocycles. The molecule has 1 N–H and O–H groups in total. The largest absolute Gasteiger partial charge is 0.469 e. The first-order valence-electron chi connectivity index (χ1n) is 32.2. The maximum absolute atomic E-state index is 12.9. The first kappa shape index (κ1) is 67.5. The number of carbonyl (C=O) groups is 2. The Kier molecular flexibility index (Phi) is 22.8. The second-order valence-corrected chi connectivity index (χ2v) is 28.8. The van der Waals surface area contributed by atoms with Gasteiger partial charge in [-0.3, -0.25) is 9.59 Å². The fourth-order valence-electron chi connectivity index (χ4n) is 11.2. The van der Waals surface area contributed by atoms with Gasteiger partial charge in [0, 0.05) is 28.9 Å². The fraction of sp³-hybridized carbons (Fsp3) is 0.500. The molecule has 8 rings (SSSR count). The summed E-state index contributed by atoms with van der Waals surface area (Å²) in [6.45, 7) is 34.8. The van der Waals surface area contributed by atoms with Crippen LogP contribution in [0.2, 0.25) is 0 Å². The average molecular weight is 1180 g/mol. The van der Waals surface area contributed by atoms with E-state index >= 15 is 0 Å². The minimum Gasteiger partial charge on any atom is -0.469 e. The van der Waals surface area contributed by atoms with Crippen molar-refractivity contribution in [2.24, 2.45) is 11.3 Å². The number of aliphatic hydroxyl groups is 1. The molecule has 0 amide bonds. The summed E-state index contributed by atoms with van der Waals surface area (Å²) in [7, 11) is 1.41. The van der Waals surface area contributed by atoms with Crippen LogP contribution >= 0.6 is 0 Å². The number of ether oxygens (including phenoxy) is 2. The number of nitrogens with zero attached hydrogens (tertiary/aromatic N) is 6. The number of aryl methyl sites for hydroxylation is 2. The predicted molar refractivity (Wildman–Crippen MR) is 360 cm³/mol. The third-order valence-corrected chi connectivity index (χ3v) is 16.9. The molecular weight excluding hydrogens is 1080 g/mol.